The van der Waals surface area contributed by atoms with E-state index in [2.05, 4.69) is 10.0 Å². The van der Waals surface area contributed by atoms with Crippen LogP contribution in [0.5, 0.6) is 5.75 Å². The predicted molar refractivity (Wildman–Crippen MR) is 101 cm³/mol. The Morgan fingerprint density at radius 3 is 2.35 bits per heavy atom. The molecule has 0 spiro atoms. The van der Waals surface area contributed by atoms with E-state index in [4.69, 9.17) is 16.3 Å². The van der Waals surface area contributed by atoms with E-state index in [-0.39, 0.29) is 21.7 Å². The molecule has 26 heavy (non-hydrogen) atoms. The first-order valence-corrected chi connectivity index (χ1v) is 9.93. The lowest BCUT2D eigenvalue weighted by molar-refractivity contribution is -0.117. The van der Waals surface area contributed by atoms with Crippen molar-refractivity contribution < 1.29 is 17.9 Å². The standard InChI is InChI=1S/C18H19ClN2O4S/c1-11-9-15(11)18(22)20-13-5-8-16(19)17(10-13)26(23,24)21-12-3-6-14(25-2)7-4-12/h3-8,10-11,15,21H,9H2,1-2H3,(H,20,22)/t11-,15+/m0/s1. The van der Waals surface area contributed by atoms with Gasteiger partial charge in [-0.2, -0.15) is 0 Å². The third-order valence-corrected chi connectivity index (χ3v) is 6.14. The van der Waals surface area contributed by atoms with Crippen LogP contribution in [0.4, 0.5) is 11.4 Å². The van der Waals surface area contributed by atoms with Crippen molar-refractivity contribution >= 4 is 38.9 Å². The van der Waals surface area contributed by atoms with Crippen LogP contribution in [0.2, 0.25) is 5.02 Å². The van der Waals surface area contributed by atoms with Gasteiger partial charge < -0.3 is 10.1 Å². The molecular weight excluding hydrogens is 376 g/mol. The van der Waals surface area contributed by atoms with Crippen LogP contribution in [0.3, 0.4) is 0 Å². The van der Waals surface area contributed by atoms with Crippen LogP contribution in [-0.2, 0) is 14.8 Å². The van der Waals surface area contributed by atoms with Gasteiger partial charge in [0, 0.05) is 17.3 Å². The Labute approximate surface area is 157 Å². The second-order valence-electron chi connectivity index (χ2n) is 6.29. The molecule has 0 radical (unpaired) electrons. The summed E-state index contributed by atoms with van der Waals surface area (Å²) in [5.41, 5.74) is 0.775. The Hall–Kier alpha value is -2.25. The zero-order valence-corrected chi connectivity index (χ0v) is 15.9. The summed E-state index contributed by atoms with van der Waals surface area (Å²) < 4.78 is 32.9. The molecule has 138 valence electrons. The number of ether oxygens (including phenoxy) is 1. The van der Waals surface area contributed by atoms with Gasteiger partial charge in [0.1, 0.15) is 10.6 Å². The quantitative estimate of drug-likeness (QED) is 0.781. The number of sulfonamides is 1. The summed E-state index contributed by atoms with van der Waals surface area (Å²) in [5.74, 6) is 0.863. The molecule has 1 aliphatic carbocycles. The van der Waals surface area contributed by atoms with E-state index in [1.165, 1.54) is 19.2 Å². The van der Waals surface area contributed by atoms with Crippen molar-refractivity contribution in [2.45, 2.75) is 18.2 Å². The molecule has 0 unspecified atom stereocenters. The maximum atomic E-state index is 12.7. The minimum Gasteiger partial charge on any atom is -0.497 e. The molecular formula is C18H19ClN2O4S. The van der Waals surface area contributed by atoms with Crippen molar-refractivity contribution in [1.29, 1.82) is 0 Å². The number of anilines is 2. The summed E-state index contributed by atoms with van der Waals surface area (Å²) in [6, 6.07) is 10.9. The lowest BCUT2D eigenvalue weighted by Gasteiger charge is -2.12. The van der Waals surface area contributed by atoms with Crippen LogP contribution < -0.4 is 14.8 Å². The molecule has 1 fully saturated rings. The maximum Gasteiger partial charge on any atom is 0.263 e. The summed E-state index contributed by atoms with van der Waals surface area (Å²) in [6.45, 7) is 2.00. The smallest absolute Gasteiger partial charge is 0.263 e. The van der Waals surface area contributed by atoms with Crippen LogP contribution in [-0.4, -0.2) is 21.4 Å². The molecule has 2 aromatic rings. The molecule has 1 aliphatic rings. The maximum absolute atomic E-state index is 12.7. The number of hydrogen-bond donors (Lipinski definition) is 2. The lowest BCUT2D eigenvalue weighted by Crippen LogP contribution is -2.16. The highest BCUT2D eigenvalue weighted by Crippen LogP contribution is 2.38. The first-order valence-electron chi connectivity index (χ1n) is 8.07. The number of halogens is 1. The van der Waals surface area contributed by atoms with E-state index < -0.39 is 10.0 Å². The van der Waals surface area contributed by atoms with Crippen LogP contribution in [0.25, 0.3) is 0 Å². The van der Waals surface area contributed by atoms with Gasteiger partial charge in [-0.05, 0) is 54.8 Å². The van der Waals surface area contributed by atoms with Crippen molar-refractivity contribution in [3.8, 4) is 5.75 Å². The second-order valence-corrected chi connectivity index (χ2v) is 8.35. The Morgan fingerprint density at radius 2 is 1.77 bits per heavy atom. The van der Waals surface area contributed by atoms with Gasteiger partial charge in [-0.3, -0.25) is 9.52 Å². The highest BCUT2D eigenvalue weighted by atomic mass is 35.5. The predicted octanol–water partition coefficient (Wildman–Crippen LogP) is 3.74. The lowest BCUT2D eigenvalue weighted by atomic mass is 10.3. The fourth-order valence-corrected chi connectivity index (χ4v) is 4.16. The van der Waals surface area contributed by atoms with Crippen molar-refractivity contribution in [2.75, 3.05) is 17.1 Å². The molecule has 0 aromatic heterocycles. The van der Waals surface area contributed by atoms with Crippen molar-refractivity contribution in [3.63, 3.8) is 0 Å². The molecule has 8 heteroatoms. The third-order valence-electron chi connectivity index (χ3n) is 4.28. The number of methoxy groups -OCH3 is 1. The number of benzene rings is 2. The number of carbonyl (C=O) groups is 1. The molecule has 3 rings (SSSR count). The number of carbonyl (C=O) groups excluding carboxylic acids is 1. The van der Waals surface area contributed by atoms with Crippen LogP contribution in [0.15, 0.2) is 47.4 Å². The highest BCUT2D eigenvalue weighted by molar-refractivity contribution is 7.92. The van der Waals surface area contributed by atoms with Gasteiger partial charge in [0.15, 0.2) is 0 Å². The first-order chi connectivity index (χ1) is 12.3. The Balaban J connectivity index is 1.81. The fourth-order valence-electron chi connectivity index (χ4n) is 2.58. The zero-order chi connectivity index (χ0) is 18.9. The molecule has 0 heterocycles. The van der Waals surface area contributed by atoms with E-state index in [0.717, 1.165) is 6.42 Å². The SMILES string of the molecule is COc1ccc(NS(=O)(=O)c2cc(NC(=O)[C@@H]3C[C@@H]3C)ccc2Cl)cc1. The molecule has 6 nitrogen and oxygen atoms in total. The van der Waals surface area contributed by atoms with E-state index >= 15 is 0 Å². The largest absolute Gasteiger partial charge is 0.497 e. The average Bonchev–Trinajstić information content (AvgIpc) is 3.34. The molecule has 2 atom stereocenters. The van der Waals surface area contributed by atoms with Gasteiger partial charge in [-0.25, -0.2) is 8.42 Å². The van der Waals surface area contributed by atoms with Gasteiger partial charge in [0.2, 0.25) is 5.91 Å². The summed E-state index contributed by atoms with van der Waals surface area (Å²) in [6.07, 6.45) is 0.851. The fraction of sp³-hybridized carbons (Fsp3) is 0.278. The molecule has 0 saturated heterocycles. The van der Waals surface area contributed by atoms with Crippen molar-refractivity contribution in [3.05, 3.63) is 47.5 Å². The van der Waals surface area contributed by atoms with Crippen molar-refractivity contribution in [2.24, 2.45) is 11.8 Å². The second kappa shape index (κ2) is 7.17. The molecule has 2 aromatic carbocycles. The van der Waals surface area contributed by atoms with Crippen molar-refractivity contribution in [1.82, 2.24) is 0 Å². The van der Waals surface area contributed by atoms with E-state index in [1.54, 1.807) is 30.3 Å². The summed E-state index contributed by atoms with van der Waals surface area (Å²) in [5, 5.41) is 2.82. The van der Waals surface area contributed by atoms with E-state index in [1.807, 2.05) is 6.92 Å². The Kier molecular flexibility index (Phi) is 5.11. The highest BCUT2D eigenvalue weighted by Gasteiger charge is 2.39. The molecule has 0 aliphatic heterocycles. The monoisotopic (exact) mass is 394 g/mol. The molecule has 0 bridgehead atoms. The average molecular weight is 395 g/mol. The van der Waals surface area contributed by atoms with Gasteiger partial charge in [0.05, 0.1) is 12.1 Å². The normalized spacial score (nSPS) is 18.9. The van der Waals surface area contributed by atoms with Gasteiger partial charge in [-0.1, -0.05) is 18.5 Å². The molecule has 1 saturated carbocycles. The summed E-state index contributed by atoms with van der Waals surface area (Å²) in [4.78, 5) is 12.0. The third kappa shape index (κ3) is 4.11. The number of hydrogen-bond acceptors (Lipinski definition) is 4. The molecule has 1 amide bonds. The zero-order valence-electron chi connectivity index (χ0n) is 14.3. The van der Waals surface area contributed by atoms with Gasteiger partial charge in [0.25, 0.3) is 10.0 Å². The summed E-state index contributed by atoms with van der Waals surface area (Å²) >= 11 is 6.08. The van der Waals surface area contributed by atoms with Gasteiger partial charge >= 0.3 is 0 Å². The number of nitrogens with one attached hydrogen (secondary N) is 2. The minimum absolute atomic E-state index is 0.0110. The van der Waals surface area contributed by atoms with E-state index in [0.29, 0.717) is 23.0 Å². The van der Waals surface area contributed by atoms with E-state index in [9.17, 15) is 13.2 Å². The van der Waals surface area contributed by atoms with Gasteiger partial charge in [-0.15, -0.1) is 0 Å². The molecule has 2 N–H and O–H groups in total. The van der Waals surface area contributed by atoms with Crippen LogP contribution in [0.1, 0.15) is 13.3 Å². The number of rotatable bonds is 6. The minimum atomic E-state index is -3.91. The first kappa shape index (κ1) is 18.5. The Morgan fingerprint density at radius 1 is 1.15 bits per heavy atom. The topological polar surface area (TPSA) is 84.5 Å². The van der Waals surface area contributed by atoms with Crippen LogP contribution in [0, 0.1) is 11.8 Å². The summed E-state index contributed by atoms with van der Waals surface area (Å²) in [7, 11) is -2.38. The number of amides is 1. The Bertz CT molecular complexity index is 929. The van der Waals surface area contributed by atoms with Crippen LogP contribution >= 0.6 is 11.6 Å².